The highest BCUT2D eigenvalue weighted by molar-refractivity contribution is 9.09. The molecule has 0 saturated carbocycles. The van der Waals surface area contributed by atoms with E-state index in [-0.39, 0.29) is 0 Å². The second-order valence-corrected chi connectivity index (χ2v) is 5.01. The Bertz CT molecular complexity index is 110. The van der Waals surface area contributed by atoms with Gasteiger partial charge in [-0.15, -0.1) is 0 Å². The summed E-state index contributed by atoms with van der Waals surface area (Å²) in [6.07, 6.45) is 4.14. The fourth-order valence-electron chi connectivity index (χ4n) is 1.22. The maximum Gasteiger partial charge on any atom is 0.0627 e. The minimum atomic E-state index is -0.460. The molecule has 0 fully saturated rings. The average molecular weight is 237 g/mol. The van der Waals surface area contributed by atoms with Gasteiger partial charge in [0.2, 0.25) is 0 Å². The van der Waals surface area contributed by atoms with E-state index in [1.165, 1.54) is 6.42 Å². The van der Waals surface area contributed by atoms with Gasteiger partial charge in [-0.05, 0) is 25.7 Å². The topological polar surface area (TPSA) is 20.2 Å². The second kappa shape index (κ2) is 5.98. The van der Waals surface area contributed by atoms with Gasteiger partial charge in [-0.2, -0.15) is 0 Å². The molecule has 0 radical (unpaired) electrons. The second-order valence-electron chi connectivity index (χ2n) is 4.22. The maximum absolute atomic E-state index is 9.80. The zero-order chi connectivity index (χ0) is 9.61. The zero-order valence-corrected chi connectivity index (χ0v) is 10.0. The molecule has 0 aromatic heterocycles. The van der Waals surface area contributed by atoms with Gasteiger partial charge in [-0.1, -0.05) is 42.6 Å². The van der Waals surface area contributed by atoms with Gasteiger partial charge in [0, 0.05) is 5.33 Å². The van der Waals surface area contributed by atoms with Gasteiger partial charge in [-0.25, -0.2) is 0 Å². The van der Waals surface area contributed by atoms with Crippen molar-refractivity contribution in [2.45, 2.75) is 52.1 Å². The molecule has 1 N–H and O–H groups in total. The van der Waals surface area contributed by atoms with E-state index in [9.17, 15) is 5.11 Å². The molecule has 1 unspecified atom stereocenters. The quantitative estimate of drug-likeness (QED) is 0.702. The molecule has 1 nitrogen and oxygen atoms in total. The first-order valence-corrected chi connectivity index (χ1v) is 5.88. The molecule has 0 aliphatic rings. The highest BCUT2D eigenvalue weighted by Gasteiger charge is 2.18. The number of aliphatic hydroxyl groups is 1. The van der Waals surface area contributed by atoms with Crippen molar-refractivity contribution in [2.75, 3.05) is 5.33 Å². The Morgan fingerprint density at radius 2 is 1.92 bits per heavy atom. The summed E-state index contributed by atoms with van der Waals surface area (Å²) in [5.74, 6) is 0.754. The van der Waals surface area contributed by atoms with Crippen LogP contribution in [-0.4, -0.2) is 16.0 Å². The van der Waals surface area contributed by atoms with Crippen molar-refractivity contribution in [2.24, 2.45) is 5.92 Å². The van der Waals surface area contributed by atoms with Crippen LogP contribution in [0.5, 0.6) is 0 Å². The average Bonchev–Trinajstić information content (AvgIpc) is 1.85. The molecular weight excluding hydrogens is 216 g/mol. The van der Waals surface area contributed by atoms with Gasteiger partial charge in [0.1, 0.15) is 0 Å². The smallest absolute Gasteiger partial charge is 0.0627 e. The number of rotatable bonds is 6. The highest BCUT2D eigenvalue weighted by Crippen LogP contribution is 2.20. The lowest BCUT2D eigenvalue weighted by Gasteiger charge is -2.22. The van der Waals surface area contributed by atoms with E-state index in [0.717, 1.165) is 30.5 Å². The van der Waals surface area contributed by atoms with Crippen LogP contribution < -0.4 is 0 Å². The van der Waals surface area contributed by atoms with Crippen LogP contribution in [0.2, 0.25) is 0 Å². The molecule has 0 aliphatic carbocycles. The Balaban J connectivity index is 3.46. The van der Waals surface area contributed by atoms with Crippen LogP contribution in [0.3, 0.4) is 0 Å². The lowest BCUT2D eigenvalue weighted by Crippen LogP contribution is -2.24. The van der Waals surface area contributed by atoms with Gasteiger partial charge in [0.25, 0.3) is 0 Å². The zero-order valence-electron chi connectivity index (χ0n) is 8.44. The highest BCUT2D eigenvalue weighted by atomic mass is 79.9. The van der Waals surface area contributed by atoms with E-state index in [2.05, 4.69) is 29.8 Å². The molecule has 12 heavy (non-hydrogen) atoms. The van der Waals surface area contributed by atoms with E-state index < -0.39 is 5.60 Å². The Morgan fingerprint density at radius 3 is 2.33 bits per heavy atom. The van der Waals surface area contributed by atoms with E-state index in [0.29, 0.717) is 0 Å². The summed E-state index contributed by atoms with van der Waals surface area (Å²) < 4.78 is 0. The van der Waals surface area contributed by atoms with E-state index in [1.807, 2.05) is 6.92 Å². The Hall–Kier alpha value is 0.440. The minimum absolute atomic E-state index is 0.460. The van der Waals surface area contributed by atoms with Crippen molar-refractivity contribution in [1.29, 1.82) is 0 Å². The largest absolute Gasteiger partial charge is 0.390 e. The predicted molar refractivity (Wildman–Crippen MR) is 57.7 cm³/mol. The number of alkyl halides is 1. The molecule has 0 aromatic carbocycles. The molecule has 0 rings (SSSR count). The molecule has 0 aromatic rings. The van der Waals surface area contributed by atoms with E-state index >= 15 is 0 Å². The molecule has 0 saturated heterocycles. The first-order chi connectivity index (χ1) is 5.48. The van der Waals surface area contributed by atoms with Gasteiger partial charge in [0.05, 0.1) is 5.60 Å². The summed E-state index contributed by atoms with van der Waals surface area (Å²) in [6, 6.07) is 0. The molecule has 0 bridgehead atoms. The number of hydrogen-bond donors (Lipinski definition) is 1. The summed E-state index contributed by atoms with van der Waals surface area (Å²) in [5.41, 5.74) is -0.460. The normalized spacial score (nSPS) is 16.5. The molecule has 0 aliphatic heterocycles. The van der Waals surface area contributed by atoms with Crippen molar-refractivity contribution in [3.05, 3.63) is 0 Å². The van der Waals surface area contributed by atoms with Gasteiger partial charge >= 0.3 is 0 Å². The van der Waals surface area contributed by atoms with Crippen LogP contribution in [0.15, 0.2) is 0 Å². The molecule has 1 atom stereocenters. The lowest BCUT2D eigenvalue weighted by molar-refractivity contribution is 0.0450. The van der Waals surface area contributed by atoms with Crippen molar-refractivity contribution in [1.82, 2.24) is 0 Å². The molecule has 0 heterocycles. The van der Waals surface area contributed by atoms with Crippen LogP contribution >= 0.6 is 15.9 Å². The minimum Gasteiger partial charge on any atom is -0.390 e. The molecular formula is C10H21BrO. The van der Waals surface area contributed by atoms with Crippen LogP contribution in [-0.2, 0) is 0 Å². The van der Waals surface area contributed by atoms with Crippen LogP contribution in [0.4, 0.5) is 0 Å². The summed E-state index contributed by atoms with van der Waals surface area (Å²) in [6.45, 7) is 6.37. The summed E-state index contributed by atoms with van der Waals surface area (Å²) in [5, 5.41) is 10.7. The first kappa shape index (κ1) is 12.4. The Labute approximate surface area is 84.7 Å². The van der Waals surface area contributed by atoms with E-state index in [4.69, 9.17) is 0 Å². The third kappa shape index (κ3) is 7.11. The third-order valence-electron chi connectivity index (χ3n) is 2.13. The van der Waals surface area contributed by atoms with Gasteiger partial charge in [0.15, 0.2) is 0 Å². The first-order valence-electron chi connectivity index (χ1n) is 4.76. The van der Waals surface area contributed by atoms with Gasteiger partial charge in [-0.3, -0.25) is 0 Å². The van der Waals surface area contributed by atoms with E-state index in [1.54, 1.807) is 0 Å². The SMILES string of the molecule is CC(C)CCCC(C)(O)CCBr. The predicted octanol–water partition coefficient (Wildman–Crippen LogP) is 3.35. The summed E-state index contributed by atoms with van der Waals surface area (Å²) in [4.78, 5) is 0. The number of hydrogen-bond acceptors (Lipinski definition) is 1. The van der Waals surface area contributed by atoms with Crippen LogP contribution in [0.25, 0.3) is 0 Å². The van der Waals surface area contributed by atoms with Crippen LogP contribution in [0, 0.1) is 5.92 Å². The van der Waals surface area contributed by atoms with Crippen molar-refractivity contribution >= 4 is 15.9 Å². The van der Waals surface area contributed by atoms with Crippen LogP contribution in [0.1, 0.15) is 46.5 Å². The van der Waals surface area contributed by atoms with Crippen molar-refractivity contribution in [3.8, 4) is 0 Å². The molecule has 74 valence electrons. The monoisotopic (exact) mass is 236 g/mol. The summed E-state index contributed by atoms with van der Waals surface area (Å²) in [7, 11) is 0. The maximum atomic E-state index is 9.80. The standard InChI is InChI=1S/C10H21BrO/c1-9(2)5-4-6-10(3,12)7-8-11/h9,12H,4-8H2,1-3H3. The fraction of sp³-hybridized carbons (Fsp3) is 1.00. The fourth-order valence-corrected chi connectivity index (χ4v) is 2.07. The van der Waals surface area contributed by atoms with Crippen molar-refractivity contribution in [3.63, 3.8) is 0 Å². The Kier molecular flexibility index (Phi) is 6.20. The summed E-state index contributed by atoms with van der Waals surface area (Å²) >= 11 is 3.35. The molecule has 0 spiro atoms. The third-order valence-corrected chi connectivity index (χ3v) is 2.53. The Morgan fingerprint density at radius 1 is 1.33 bits per heavy atom. The molecule has 0 amide bonds. The molecule has 2 heteroatoms. The number of halogens is 1. The van der Waals surface area contributed by atoms with Crippen molar-refractivity contribution < 1.29 is 5.11 Å². The van der Waals surface area contributed by atoms with Gasteiger partial charge < -0.3 is 5.11 Å². The lowest BCUT2D eigenvalue weighted by atomic mass is 9.94.